The largest absolute Gasteiger partial charge is 0.394 e. The van der Waals surface area contributed by atoms with Gasteiger partial charge in [0.1, 0.15) is 0 Å². The first-order valence-electron chi connectivity index (χ1n) is 10.6. The summed E-state index contributed by atoms with van der Waals surface area (Å²) in [6.07, 6.45) is 9.01. The van der Waals surface area contributed by atoms with Crippen molar-refractivity contribution in [1.82, 2.24) is 20.0 Å². The van der Waals surface area contributed by atoms with E-state index in [4.69, 9.17) is 0 Å². The summed E-state index contributed by atoms with van der Waals surface area (Å²) >= 11 is 0. The highest BCUT2D eigenvalue weighted by atomic mass is 16.3. The molecule has 29 heavy (non-hydrogen) atoms. The Kier molecular flexibility index (Phi) is 6.42. The van der Waals surface area contributed by atoms with Crippen LogP contribution in [0, 0.1) is 5.92 Å². The van der Waals surface area contributed by atoms with E-state index in [2.05, 4.69) is 27.5 Å². The second-order valence-corrected chi connectivity index (χ2v) is 8.02. The van der Waals surface area contributed by atoms with Crippen LogP contribution >= 0.6 is 0 Å². The minimum absolute atomic E-state index is 0.0251. The maximum atomic E-state index is 12.9. The van der Waals surface area contributed by atoms with Crippen molar-refractivity contribution in [1.29, 1.82) is 0 Å². The molecule has 1 unspecified atom stereocenters. The lowest BCUT2D eigenvalue weighted by Gasteiger charge is -2.31. The summed E-state index contributed by atoms with van der Waals surface area (Å²) in [5, 5.41) is 17.0. The van der Waals surface area contributed by atoms with Crippen LogP contribution in [-0.2, 0) is 26.1 Å². The molecule has 0 bridgehead atoms. The van der Waals surface area contributed by atoms with E-state index in [0.717, 1.165) is 49.3 Å². The van der Waals surface area contributed by atoms with Crippen molar-refractivity contribution in [3.8, 4) is 0 Å². The predicted octanol–water partition coefficient (Wildman–Crippen LogP) is 2.52. The Labute approximate surface area is 172 Å². The van der Waals surface area contributed by atoms with Crippen LogP contribution < -0.4 is 5.32 Å². The zero-order chi connectivity index (χ0) is 20.1. The number of aliphatic hydroxyl groups is 1. The molecular formula is C23H30N4O2. The summed E-state index contributed by atoms with van der Waals surface area (Å²) in [5.41, 5.74) is 3.71. The fraction of sp³-hybridized carbons (Fsp3) is 0.478. The molecule has 6 heteroatoms. The highest BCUT2D eigenvalue weighted by Crippen LogP contribution is 2.26. The number of benzene rings is 1. The lowest BCUT2D eigenvalue weighted by atomic mass is 9.93. The average Bonchev–Trinajstić information content (AvgIpc) is 3.12. The number of fused-ring (bicyclic) bond motifs is 1. The monoisotopic (exact) mass is 394 g/mol. The minimum atomic E-state index is -0.135. The summed E-state index contributed by atoms with van der Waals surface area (Å²) in [6.45, 7) is 3.75. The number of aliphatic hydroxyl groups excluding tert-OH is 1. The number of nitrogens with one attached hydrogen (secondary N) is 1. The Morgan fingerprint density at radius 2 is 2.10 bits per heavy atom. The lowest BCUT2D eigenvalue weighted by Crippen LogP contribution is -2.36. The zero-order valence-corrected chi connectivity index (χ0v) is 16.9. The molecule has 2 heterocycles. The lowest BCUT2D eigenvalue weighted by molar-refractivity contribution is 0.0942. The number of hydrogen-bond donors (Lipinski definition) is 2. The predicted molar refractivity (Wildman–Crippen MR) is 112 cm³/mol. The van der Waals surface area contributed by atoms with Crippen LogP contribution in [0.1, 0.15) is 46.6 Å². The Balaban J connectivity index is 1.48. The Bertz CT molecular complexity index is 859. The first-order chi connectivity index (χ1) is 14.2. The molecule has 2 aromatic rings. The van der Waals surface area contributed by atoms with Crippen molar-refractivity contribution in [3.05, 3.63) is 65.0 Å². The number of nitrogens with zero attached hydrogens (tertiary/aromatic N) is 3. The molecule has 2 aliphatic rings. The summed E-state index contributed by atoms with van der Waals surface area (Å²) < 4.78 is 1.83. The van der Waals surface area contributed by atoms with Gasteiger partial charge in [0.05, 0.1) is 13.2 Å². The fourth-order valence-corrected chi connectivity index (χ4v) is 4.41. The molecule has 1 atom stereocenters. The van der Waals surface area contributed by atoms with E-state index in [0.29, 0.717) is 24.7 Å². The second-order valence-electron chi connectivity index (χ2n) is 8.02. The molecular weight excluding hydrogens is 364 g/mol. The number of allylic oxidation sites excluding steroid dienone is 2. The third-order valence-electron chi connectivity index (χ3n) is 5.93. The topological polar surface area (TPSA) is 70.4 Å². The summed E-state index contributed by atoms with van der Waals surface area (Å²) in [6, 6.07) is 9.91. The number of amides is 1. The summed E-state index contributed by atoms with van der Waals surface area (Å²) in [5.74, 6) is 0.564. The molecule has 0 fully saturated rings. The van der Waals surface area contributed by atoms with E-state index in [1.807, 2.05) is 35.0 Å². The molecule has 0 saturated heterocycles. The van der Waals surface area contributed by atoms with Crippen LogP contribution in [0.15, 0.2) is 42.5 Å². The standard InChI is InChI=1S/C23H30N4O2/c28-14-13-27-21-11-12-26(16-19-9-5-2-6-10-19)17-20(21)22(25-27)23(29)24-15-18-7-3-1-4-8-18/h1-5,7-8,19,28H,6,9-17H2,(H,24,29). The van der Waals surface area contributed by atoms with Crippen molar-refractivity contribution in [3.63, 3.8) is 0 Å². The van der Waals surface area contributed by atoms with Crippen LogP contribution in [0.4, 0.5) is 0 Å². The number of hydrogen-bond acceptors (Lipinski definition) is 4. The van der Waals surface area contributed by atoms with Crippen LogP contribution in [-0.4, -0.2) is 45.4 Å². The Morgan fingerprint density at radius 3 is 2.86 bits per heavy atom. The van der Waals surface area contributed by atoms with E-state index in [-0.39, 0.29) is 12.5 Å². The Hall–Kier alpha value is -2.44. The van der Waals surface area contributed by atoms with E-state index in [1.165, 1.54) is 12.8 Å². The third-order valence-corrected chi connectivity index (χ3v) is 5.93. The SMILES string of the molecule is O=C(NCc1ccccc1)c1nn(CCO)c2c1CN(CC1CC=CCC1)CC2. The van der Waals surface area contributed by atoms with Gasteiger partial charge >= 0.3 is 0 Å². The van der Waals surface area contributed by atoms with Gasteiger partial charge in [0.2, 0.25) is 0 Å². The van der Waals surface area contributed by atoms with Crippen LogP contribution in [0.2, 0.25) is 0 Å². The maximum absolute atomic E-state index is 12.9. The fourth-order valence-electron chi connectivity index (χ4n) is 4.41. The van der Waals surface area contributed by atoms with Gasteiger partial charge in [-0.1, -0.05) is 42.5 Å². The van der Waals surface area contributed by atoms with Crippen molar-refractivity contribution < 1.29 is 9.90 Å². The zero-order valence-electron chi connectivity index (χ0n) is 16.9. The van der Waals surface area contributed by atoms with Crippen molar-refractivity contribution >= 4 is 5.91 Å². The average molecular weight is 395 g/mol. The molecule has 0 saturated carbocycles. The van der Waals surface area contributed by atoms with Crippen LogP contribution in [0.5, 0.6) is 0 Å². The third kappa shape index (κ3) is 4.77. The van der Waals surface area contributed by atoms with E-state index in [1.54, 1.807) is 0 Å². The highest BCUT2D eigenvalue weighted by molar-refractivity contribution is 5.94. The van der Waals surface area contributed by atoms with Gasteiger partial charge in [-0.05, 0) is 30.7 Å². The minimum Gasteiger partial charge on any atom is -0.394 e. The van der Waals surface area contributed by atoms with Gasteiger partial charge in [-0.2, -0.15) is 5.10 Å². The number of carbonyl (C=O) groups excluding carboxylic acids is 1. The van der Waals surface area contributed by atoms with Crippen LogP contribution in [0.25, 0.3) is 0 Å². The summed E-state index contributed by atoms with van der Waals surface area (Å²) in [4.78, 5) is 15.4. The quantitative estimate of drug-likeness (QED) is 0.708. The maximum Gasteiger partial charge on any atom is 0.272 e. The van der Waals surface area contributed by atoms with Crippen molar-refractivity contribution in [2.75, 3.05) is 19.7 Å². The van der Waals surface area contributed by atoms with Gasteiger partial charge in [0.15, 0.2) is 5.69 Å². The molecule has 4 rings (SSSR count). The van der Waals surface area contributed by atoms with Gasteiger partial charge in [0.25, 0.3) is 5.91 Å². The molecule has 1 aromatic heterocycles. The smallest absolute Gasteiger partial charge is 0.272 e. The van der Waals surface area contributed by atoms with Crippen molar-refractivity contribution in [2.24, 2.45) is 5.92 Å². The van der Waals surface area contributed by atoms with Crippen molar-refractivity contribution in [2.45, 2.75) is 45.3 Å². The van der Waals surface area contributed by atoms with Gasteiger partial charge in [0, 0.05) is 43.9 Å². The number of rotatable bonds is 7. The summed E-state index contributed by atoms with van der Waals surface area (Å²) in [7, 11) is 0. The molecule has 1 aromatic carbocycles. The number of aromatic nitrogens is 2. The first-order valence-corrected chi connectivity index (χ1v) is 10.6. The van der Waals surface area contributed by atoms with E-state index in [9.17, 15) is 9.90 Å². The highest BCUT2D eigenvalue weighted by Gasteiger charge is 2.29. The first kappa shape index (κ1) is 19.9. The molecule has 1 aliphatic carbocycles. The van der Waals surface area contributed by atoms with E-state index >= 15 is 0 Å². The van der Waals surface area contributed by atoms with Gasteiger partial charge in [-0.3, -0.25) is 14.4 Å². The van der Waals surface area contributed by atoms with Gasteiger partial charge in [-0.15, -0.1) is 0 Å². The molecule has 154 valence electrons. The van der Waals surface area contributed by atoms with Crippen LogP contribution in [0.3, 0.4) is 0 Å². The van der Waals surface area contributed by atoms with E-state index < -0.39 is 0 Å². The number of carbonyl (C=O) groups is 1. The molecule has 6 nitrogen and oxygen atoms in total. The van der Waals surface area contributed by atoms with Gasteiger partial charge in [-0.25, -0.2) is 0 Å². The second kappa shape index (κ2) is 9.37. The molecule has 1 amide bonds. The molecule has 1 aliphatic heterocycles. The van der Waals surface area contributed by atoms with Gasteiger partial charge < -0.3 is 10.4 Å². The normalized spacial score (nSPS) is 19.1. The molecule has 0 radical (unpaired) electrons. The Morgan fingerprint density at radius 1 is 1.24 bits per heavy atom. The molecule has 2 N–H and O–H groups in total. The molecule has 0 spiro atoms.